The molecule has 0 radical (unpaired) electrons. The molecule has 1 aromatic carbocycles. The lowest BCUT2D eigenvalue weighted by Gasteiger charge is -2.08. The van der Waals surface area contributed by atoms with Crippen LogP contribution in [0.25, 0.3) is 10.3 Å². The molecule has 124 valence electrons. The monoisotopic (exact) mass is 340 g/mol. The summed E-state index contributed by atoms with van der Waals surface area (Å²) in [5.41, 5.74) is 4.22. The summed E-state index contributed by atoms with van der Waals surface area (Å²) in [6, 6.07) is 8.22. The zero-order chi connectivity index (χ0) is 17.3. The van der Waals surface area contributed by atoms with Gasteiger partial charge in [-0.3, -0.25) is 4.79 Å². The van der Waals surface area contributed by atoms with E-state index in [1.165, 1.54) is 23.1 Å². The van der Waals surface area contributed by atoms with Gasteiger partial charge in [0.1, 0.15) is 5.69 Å². The average molecular weight is 340 g/mol. The Hall–Kier alpha value is -2.47. The number of carbonyl (C=O) groups is 1. The van der Waals surface area contributed by atoms with E-state index in [2.05, 4.69) is 29.4 Å². The van der Waals surface area contributed by atoms with Gasteiger partial charge in [0, 0.05) is 25.4 Å². The molecule has 0 unspecified atom stereocenters. The van der Waals surface area contributed by atoms with Crippen molar-refractivity contribution in [2.75, 3.05) is 0 Å². The third-order valence-electron chi connectivity index (χ3n) is 4.11. The van der Waals surface area contributed by atoms with Crippen molar-refractivity contribution >= 4 is 33.8 Å². The molecule has 5 nitrogen and oxygen atoms in total. The van der Waals surface area contributed by atoms with Gasteiger partial charge in [0.2, 0.25) is 0 Å². The Morgan fingerprint density at radius 3 is 2.62 bits per heavy atom. The zero-order valence-corrected chi connectivity index (χ0v) is 14.8. The Labute approximate surface area is 144 Å². The zero-order valence-electron chi connectivity index (χ0n) is 14.0. The molecule has 3 rings (SSSR count). The third-order valence-corrected chi connectivity index (χ3v) is 5.11. The van der Waals surface area contributed by atoms with E-state index in [0.717, 1.165) is 27.3 Å². The van der Waals surface area contributed by atoms with Gasteiger partial charge in [-0.15, -0.1) is 11.3 Å². The minimum absolute atomic E-state index is 0.182. The molecule has 2 aromatic heterocycles. The number of aromatic nitrogens is 2. The van der Waals surface area contributed by atoms with Gasteiger partial charge in [0.15, 0.2) is 5.65 Å². The molecule has 0 fully saturated rings. The molecule has 0 saturated carbocycles. The highest BCUT2D eigenvalue weighted by atomic mass is 32.1. The summed E-state index contributed by atoms with van der Waals surface area (Å²) in [5.74, 6) is -0.182. The predicted molar refractivity (Wildman–Crippen MR) is 98.2 cm³/mol. The van der Waals surface area contributed by atoms with Crippen LogP contribution >= 0.6 is 11.3 Å². The van der Waals surface area contributed by atoms with E-state index < -0.39 is 0 Å². The number of hydrogen-bond donors (Lipinski definition) is 2. The molecule has 2 N–H and O–H groups in total. The second kappa shape index (κ2) is 6.57. The third kappa shape index (κ3) is 2.85. The smallest absolute Gasteiger partial charge is 0.268 e. The maximum Gasteiger partial charge on any atom is 0.268 e. The summed E-state index contributed by atoms with van der Waals surface area (Å²) < 4.78 is 2.66. The molecule has 3 aromatic rings. The fourth-order valence-electron chi connectivity index (χ4n) is 2.78. The van der Waals surface area contributed by atoms with Crippen LogP contribution in [0.4, 0.5) is 0 Å². The first-order chi connectivity index (χ1) is 11.5. The van der Waals surface area contributed by atoms with Crippen LogP contribution in [0.2, 0.25) is 0 Å². The number of thiazole rings is 1. The molecule has 0 bridgehead atoms. The van der Waals surface area contributed by atoms with Crippen LogP contribution in [0.15, 0.2) is 24.3 Å². The Kier molecular flexibility index (Phi) is 4.49. The first-order valence-corrected chi connectivity index (χ1v) is 8.69. The van der Waals surface area contributed by atoms with Gasteiger partial charge in [0.05, 0.1) is 9.71 Å². The summed E-state index contributed by atoms with van der Waals surface area (Å²) in [6.45, 7) is 4.51. The van der Waals surface area contributed by atoms with Crippen molar-refractivity contribution < 1.29 is 4.79 Å². The number of aryl methyl sites for hydroxylation is 3. The van der Waals surface area contributed by atoms with Crippen LogP contribution in [0.1, 0.15) is 39.1 Å². The van der Waals surface area contributed by atoms with Crippen molar-refractivity contribution in [3.63, 3.8) is 0 Å². The molecular weight excluding hydrogens is 320 g/mol. The van der Waals surface area contributed by atoms with Gasteiger partial charge in [-0.25, -0.2) is 4.98 Å². The van der Waals surface area contributed by atoms with Gasteiger partial charge in [0.25, 0.3) is 5.91 Å². The van der Waals surface area contributed by atoms with Gasteiger partial charge in [-0.2, -0.15) is 0 Å². The van der Waals surface area contributed by atoms with E-state index in [1.807, 2.05) is 26.1 Å². The quantitative estimate of drug-likeness (QED) is 0.699. The lowest BCUT2D eigenvalue weighted by Crippen LogP contribution is -2.26. The molecule has 0 aliphatic rings. The highest BCUT2D eigenvalue weighted by Crippen LogP contribution is 2.29. The maximum atomic E-state index is 12.6. The van der Waals surface area contributed by atoms with E-state index in [4.69, 9.17) is 5.41 Å². The SMILES string of the molecule is CCc1ccc(CNC(=O)c2c(C=N)c3sc(C)nc3n2C)cc1. The van der Waals surface area contributed by atoms with E-state index >= 15 is 0 Å². The second-order valence-corrected chi connectivity index (χ2v) is 6.91. The molecule has 2 heterocycles. The number of carbonyl (C=O) groups excluding carboxylic acids is 1. The van der Waals surface area contributed by atoms with Gasteiger partial charge in [-0.05, 0) is 24.5 Å². The Bertz CT molecular complexity index is 905. The van der Waals surface area contributed by atoms with Crippen LogP contribution in [0.5, 0.6) is 0 Å². The van der Waals surface area contributed by atoms with Gasteiger partial charge < -0.3 is 15.3 Å². The van der Waals surface area contributed by atoms with Gasteiger partial charge in [-0.1, -0.05) is 31.2 Å². The second-order valence-electron chi connectivity index (χ2n) is 5.70. The fourth-order valence-corrected chi connectivity index (χ4v) is 3.75. The number of amides is 1. The topological polar surface area (TPSA) is 70.8 Å². The van der Waals surface area contributed by atoms with E-state index in [0.29, 0.717) is 17.8 Å². The van der Waals surface area contributed by atoms with Crippen molar-refractivity contribution in [2.45, 2.75) is 26.8 Å². The number of hydrogen-bond acceptors (Lipinski definition) is 4. The number of nitrogens with one attached hydrogen (secondary N) is 2. The lowest BCUT2D eigenvalue weighted by atomic mass is 10.1. The Balaban J connectivity index is 1.84. The van der Waals surface area contributed by atoms with Crippen molar-refractivity contribution in [2.24, 2.45) is 7.05 Å². The van der Waals surface area contributed by atoms with Crippen LogP contribution in [-0.4, -0.2) is 21.7 Å². The largest absolute Gasteiger partial charge is 0.347 e. The van der Waals surface area contributed by atoms with E-state index in [-0.39, 0.29) is 5.91 Å². The van der Waals surface area contributed by atoms with Crippen LogP contribution in [-0.2, 0) is 20.0 Å². The normalized spacial score (nSPS) is 11.0. The van der Waals surface area contributed by atoms with Crippen molar-refractivity contribution in [1.29, 1.82) is 5.41 Å². The first kappa shape index (κ1) is 16.4. The molecule has 0 aliphatic heterocycles. The molecular formula is C18H20N4OS. The van der Waals surface area contributed by atoms with Crippen LogP contribution in [0.3, 0.4) is 0 Å². The average Bonchev–Trinajstić information content (AvgIpc) is 3.09. The highest BCUT2D eigenvalue weighted by molar-refractivity contribution is 7.18. The molecule has 6 heteroatoms. The molecule has 0 aliphatic carbocycles. The summed E-state index contributed by atoms with van der Waals surface area (Å²) in [7, 11) is 1.82. The Morgan fingerprint density at radius 1 is 1.33 bits per heavy atom. The minimum atomic E-state index is -0.182. The summed E-state index contributed by atoms with van der Waals surface area (Å²) >= 11 is 1.51. The molecule has 0 saturated heterocycles. The number of nitrogens with zero attached hydrogens (tertiary/aromatic N) is 2. The number of fused-ring (bicyclic) bond motifs is 1. The van der Waals surface area contributed by atoms with Crippen molar-refractivity contribution in [3.05, 3.63) is 51.7 Å². The Morgan fingerprint density at radius 2 is 2.00 bits per heavy atom. The summed E-state index contributed by atoms with van der Waals surface area (Å²) in [6.07, 6.45) is 2.24. The summed E-state index contributed by atoms with van der Waals surface area (Å²) in [5, 5.41) is 11.6. The summed E-state index contributed by atoms with van der Waals surface area (Å²) in [4.78, 5) is 17.1. The minimum Gasteiger partial charge on any atom is -0.347 e. The molecule has 1 amide bonds. The van der Waals surface area contributed by atoms with Crippen LogP contribution in [0, 0.1) is 12.3 Å². The molecule has 0 atom stereocenters. The van der Waals surface area contributed by atoms with Gasteiger partial charge >= 0.3 is 0 Å². The molecule has 0 spiro atoms. The van der Waals surface area contributed by atoms with Crippen molar-refractivity contribution in [3.8, 4) is 0 Å². The predicted octanol–water partition coefficient (Wildman–Crippen LogP) is 3.43. The van der Waals surface area contributed by atoms with E-state index in [9.17, 15) is 4.79 Å². The fraction of sp³-hybridized carbons (Fsp3) is 0.278. The van der Waals surface area contributed by atoms with E-state index in [1.54, 1.807) is 4.57 Å². The lowest BCUT2D eigenvalue weighted by molar-refractivity contribution is 0.0943. The first-order valence-electron chi connectivity index (χ1n) is 7.87. The maximum absolute atomic E-state index is 12.6. The standard InChI is InChI=1S/C18H20N4OS/c1-4-12-5-7-13(8-6-12)10-20-18(23)15-14(9-19)16-17(22(15)3)21-11(2)24-16/h5-9,19H,4,10H2,1-3H3,(H,20,23). The number of benzene rings is 1. The highest BCUT2D eigenvalue weighted by Gasteiger charge is 2.22. The van der Waals surface area contributed by atoms with Crippen LogP contribution < -0.4 is 5.32 Å². The molecule has 24 heavy (non-hydrogen) atoms. The number of rotatable bonds is 5. The van der Waals surface area contributed by atoms with Crippen molar-refractivity contribution in [1.82, 2.24) is 14.9 Å².